The minimum absolute atomic E-state index is 0.149. The van der Waals surface area contributed by atoms with Crippen molar-refractivity contribution in [3.63, 3.8) is 0 Å². The van der Waals surface area contributed by atoms with E-state index in [4.69, 9.17) is 0 Å². The van der Waals surface area contributed by atoms with Gasteiger partial charge in [0.25, 0.3) is 0 Å². The lowest BCUT2D eigenvalue weighted by atomic mass is 9.60. The van der Waals surface area contributed by atoms with Crippen LogP contribution in [0.5, 0.6) is 0 Å². The van der Waals surface area contributed by atoms with E-state index in [-0.39, 0.29) is 5.92 Å². The standard InChI is InChI=1S/C28H46O3/c1-18(9-7-15-27(4,5)31)23-13-14-24-21(10-8-16-28(23,24)6)11-12-22-17-25(29)20(3)26(30)19(22)2/h11-12,18,20,23-26,29-31H,2,7-10,13-17H2,1,3-6H3/b21-11?,22-12-/t18-,20-,23-,24?,25-,26-,28-/m1/s1. The molecule has 3 aliphatic carbocycles. The molecule has 3 fully saturated rings. The molecule has 0 aromatic carbocycles. The number of fused-ring (bicyclic) bond motifs is 1. The second kappa shape index (κ2) is 9.53. The summed E-state index contributed by atoms with van der Waals surface area (Å²) < 4.78 is 0. The zero-order valence-corrected chi connectivity index (χ0v) is 20.5. The Bertz CT molecular complexity index is 712. The van der Waals surface area contributed by atoms with E-state index in [2.05, 4.69) is 32.6 Å². The molecular weight excluding hydrogens is 384 g/mol. The summed E-state index contributed by atoms with van der Waals surface area (Å²) in [7, 11) is 0. The average molecular weight is 431 g/mol. The van der Waals surface area contributed by atoms with Crippen molar-refractivity contribution in [2.24, 2.45) is 29.1 Å². The van der Waals surface area contributed by atoms with Gasteiger partial charge in [-0.25, -0.2) is 0 Å². The van der Waals surface area contributed by atoms with Crippen molar-refractivity contribution in [3.05, 3.63) is 35.5 Å². The average Bonchev–Trinajstić information content (AvgIpc) is 3.04. The molecule has 3 nitrogen and oxygen atoms in total. The number of hydrogen-bond donors (Lipinski definition) is 3. The predicted molar refractivity (Wildman–Crippen MR) is 129 cm³/mol. The second-order valence-electron chi connectivity index (χ2n) is 11.8. The summed E-state index contributed by atoms with van der Waals surface area (Å²) in [6, 6.07) is 0. The molecule has 176 valence electrons. The minimum Gasteiger partial charge on any atom is -0.392 e. The first-order valence-electron chi connectivity index (χ1n) is 12.6. The molecule has 1 unspecified atom stereocenters. The third-order valence-electron chi connectivity index (χ3n) is 8.97. The van der Waals surface area contributed by atoms with Gasteiger partial charge in [0.05, 0.1) is 17.8 Å². The van der Waals surface area contributed by atoms with E-state index in [1.165, 1.54) is 32.1 Å². The third-order valence-corrected chi connectivity index (χ3v) is 8.97. The van der Waals surface area contributed by atoms with Crippen LogP contribution in [0.2, 0.25) is 0 Å². The predicted octanol–water partition coefficient (Wildman–Crippen LogP) is 5.95. The Morgan fingerprint density at radius 1 is 1.23 bits per heavy atom. The van der Waals surface area contributed by atoms with Crippen molar-refractivity contribution in [1.29, 1.82) is 0 Å². The summed E-state index contributed by atoms with van der Waals surface area (Å²) in [5, 5.41) is 30.7. The Morgan fingerprint density at radius 3 is 2.61 bits per heavy atom. The number of rotatable bonds is 6. The number of aliphatic hydroxyl groups excluding tert-OH is 2. The molecule has 3 N–H and O–H groups in total. The normalized spacial score (nSPS) is 40.4. The zero-order chi connectivity index (χ0) is 23.0. The lowest BCUT2D eigenvalue weighted by Gasteiger charge is -2.44. The van der Waals surface area contributed by atoms with Gasteiger partial charge in [-0.15, -0.1) is 0 Å². The molecular formula is C28H46O3. The van der Waals surface area contributed by atoms with Crippen LogP contribution in [-0.4, -0.2) is 33.1 Å². The molecule has 0 spiro atoms. The molecule has 0 aromatic heterocycles. The van der Waals surface area contributed by atoms with Crippen LogP contribution in [0.1, 0.15) is 92.4 Å². The van der Waals surface area contributed by atoms with E-state index in [9.17, 15) is 15.3 Å². The zero-order valence-electron chi connectivity index (χ0n) is 20.5. The first kappa shape index (κ1) is 24.7. The second-order valence-corrected chi connectivity index (χ2v) is 11.8. The lowest BCUT2D eigenvalue weighted by Crippen LogP contribution is -2.36. The lowest BCUT2D eigenvalue weighted by molar-refractivity contribution is 0.0283. The summed E-state index contributed by atoms with van der Waals surface area (Å²) >= 11 is 0. The summed E-state index contributed by atoms with van der Waals surface area (Å²) in [5.41, 5.74) is 3.15. The summed E-state index contributed by atoms with van der Waals surface area (Å²) in [5.74, 6) is 1.94. The highest BCUT2D eigenvalue weighted by Crippen LogP contribution is 2.60. The molecule has 0 amide bonds. The minimum atomic E-state index is -0.648. The number of aliphatic hydroxyl groups is 3. The van der Waals surface area contributed by atoms with Gasteiger partial charge in [0.2, 0.25) is 0 Å². The largest absolute Gasteiger partial charge is 0.392 e. The molecule has 0 heterocycles. The van der Waals surface area contributed by atoms with Gasteiger partial charge in [-0.3, -0.25) is 0 Å². The first-order chi connectivity index (χ1) is 14.4. The van der Waals surface area contributed by atoms with Gasteiger partial charge in [0.15, 0.2) is 0 Å². The van der Waals surface area contributed by atoms with E-state index in [0.717, 1.165) is 36.3 Å². The van der Waals surface area contributed by atoms with E-state index in [1.807, 2.05) is 20.8 Å². The van der Waals surface area contributed by atoms with E-state index < -0.39 is 17.8 Å². The van der Waals surface area contributed by atoms with Crippen LogP contribution in [0.3, 0.4) is 0 Å². The van der Waals surface area contributed by atoms with Crippen LogP contribution < -0.4 is 0 Å². The monoisotopic (exact) mass is 430 g/mol. The topological polar surface area (TPSA) is 60.7 Å². The van der Waals surface area contributed by atoms with Crippen molar-refractivity contribution >= 4 is 0 Å². The summed E-state index contributed by atoms with van der Waals surface area (Å²) in [4.78, 5) is 0. The van der Waals surface area contributed by atoms with Crippen molar-refractivity contribution in [2.45, 2.75) is 110 Å². The Hall–Kier alpha value is -0.900. The molecule has 7 atom stereocenters. The smallest absolute Gasteiger partial charge is 0.0837 e. The van der Waals surface area contributed by atoms with Crippen LogP contribution in [-0.2, 0) is 0 Å². The van der Waals surface area contributed by atoms with Gasteiger partial charge in [0.1, 0.15) is 0 Å². The fourth-order valence-corrected chi connectivity index (χ4v) is 6.91. The SMILES string of the molecule is C=C1/C(=C\C=C2CCC[C@@]3(C)C2CC[C@@H]3[C@H](C)CCCC(C)(C)O)C[C@@H](O)[C@@H](C)[C@@H]1O. The molecule has 3 aliphatic rings. The maximum atomic E-state index is 10.4. The maximum absolute atomic E-state index is 10.4. The number of hydrogen-bond acceptors (Lipinski definition) is 3. The highest BCUT2D eigenvalue weighted by molar-refractivity contribution is 5.39. The van der Waals surface area contributed by atoms with Gasteiger partial charge in [-0.2, -0.15) is 0 Å². The Morgan fingerprint density at radius 2 is 1.94 bits per heavy atom. The fraction of sp³-hybridized carbons (Fsp3) is 0.786. The molecule has 3 rings (SSSR count). The first-order valence-corrected chi connectivity index (χ1v) is 12.6. The maximum Gasteiger partial charge on any atom is 0.0837 e. The van der Waals surface area contributed by atoms with Gasteiger partial charge >= 0.3 is 0 Å². The van der Waals surface area contributed by atoms with Crippen LogP contribution in [0.25, 0.3) is 0 Å². The Balaban J connectivity index is 1.71. The van der Waals surface area contributed by atoms with Crippen LogP contribution in [0.15, 0.2) is 35.5 Å². The summed E-state index contributed by atoms with van der Waals surface area (Å²) in [6.45, 7) is 14.8. The highest BCUT2D eigenvalue weighted by atomic mass is 16.3. The number of allylic oxidation sites excluding steroid dienone is 3. The molecule has 31 heavy (non-hydrogen) atoms. The fourth-order valence-electron chi connectivity index (χ4n) is 6.91. The molecule has 0 aromatic rings. The molecule has 0 saturated heterocycles. The van der Waals surface area contributed by atoms with Gasteiger partial charge in [-0.05, 0) is 93.1 Å². The van der Waals surface area contributed by atoms with Crippen LogP contribution in [0.4, 0.5) is 0 Å². The van der Waals surface area contributed by atoms with E-state index in [1.54, 1.807) is 5.57 Å². The van der Waals surface area contributed by atoms with Gasteiger partial charge in [-0.1, -0.05) is 57.9 Å². The van der Waals surface area contributed by atoms with Crippen LogP contribution >= 0.6 is 0 Å². The van der Waals surface area contributed by atoms with Crippen molar-refractivity contribution in [2.75, 3.05) is 0 Å². The molecule has 0 radical (unpaired) electrons. The molecule has 0 aliphatic heterocycles. The van der Waals surface area contributed by atoms with Crippen molar-refractivity contribution in [3.8, 4) is 0 Å². The highest BCUT2D eigenvalue weighted by Gasteiger charge is 2.50. The Kier molecular flexibility index (Phi) is 7.61. The summed E-state index contributed by atoms with van der Waals surface area (Å²) in [6.07, 6.45) is 13.4. The molecule has 3 saturated carbocycles. The van der Waals surface area contributed by atoms with Crippen LogP contribution in [0, 0.1) is 29.1 Å². The van der Waals surface area contributed by atoms with Crippen molar-refractivity contribution in [1.82, 2.24) is 0 Å². The van der Waals surface area contributed by atoms with Crippen molar-refractivity contribution < 1.29 is 15.3 Å². The van der Waals surface area contributed by atoms with E-state index >= 15 is 0 Å². The van der Waals surface area contributed by atoms with Gasteiger partial charge in [0, 0.05) is 5.92 Å². The van der Waals surface area contributed by atoms with Gasteiger partial charge < -0.3 is 15.3 Å². The Labute approximate surface area is 190 Å². The molecule has 0 bridgehead atoms. The van der Waals surface area contributed by atoms with E-state index in [0.29, 0.717) is 23.7 Å². The quantitative estimate of drug-likeness (QED) is 0.488. The molecule has 3 heteroatoms. The third kappa shape index (κ3) is 5.37.